The van der Waals surface area contributed by atoms with Crippen LogP contribution in [0.2, 0.25) is 0 Å². The molecule has 2 saturated heterocycles. The van der Waals surface area contributed by atoms with Crippen molar-refractivity contribution >= 4 is 0 Å². The highest BCUT2D eigenvalue weighted by Crippen LogP contribution is 2.22. The van der Waals surface area contributed by atoms with Crippen molar-refractivity contribution in [1.29, 1.82) is 0 Å². The summed E-state index contributed by atoms with van der Waals surface area (Å²) in [6.45, 7) is 6.17. The van der Waals surface area contributed by atoms with Gasteiger partial charge < -0.3 is 18.9 Å². The standard InChI is InChI=1S/C13H24O4/c1-10-7-16-9-13(10)17-6-3-11-8-15-5-4-12(11)14-2/h10-13H,3-9H2,1-2H3/t10?,11-,12+,13+/m1/s1. The molecule has 4 atom stereocenters. The van der Waals surface area contributed by atoms with Crippen LogP contribution >= 0.6 is 0 Å². The second kappa shape index (κ2) is 6.69. The van der Waals surface area contributed by atoms with Crippen molar-refractivity contribution in [3.05, 3.63) is 0 Å². The first-order chi connectivity index (χ1) is 8.31. The maximum atomic E-state index is 5.87. The molecule has 0 aromatic carbocycles. The van der Waals surface area contributed by atoms with E-state index in [4.69, 9.17) is 18.9 Å². The summed E-state index contributed by atoms with van der Waals surface area (Å²) in [5, 5.41) is 0. The van der Waals surface area contributed by atoms with Crippen LogP contribution in [-0.4, -0.2) is 52.4 Å². The summed E-state index contributed by atoms with van der Waals surface area (Å²) in [6, 6.07) is 0. The number of rotatable bonds is 5. The van der Waals surface area contributed by atoms with Gasteiger partial charge in [-0.1, -0.05) is 6.92 Å². The summed E-state index contributed by atoms with van der Waals surface area (Å²) >= 11 is 0. The van der Waals surface area contributed by atoms with Crippen molar-refractivity contribution < 1.29 is 18.9 Å². The molecule has 2 heterocycles. The monoisotopic (exact) mass is 244 g/mol. The highest BCUT2D eigenvalue weighted by Gasteiger charge is 2.28. The largest absolute Gasteiger partial charge is 0.381 e. The first-order valence-electron chi connectivity index (χ1n) is 6.61. The molecule has 0 amide bonds. The third kappa shape index (κ3) is 3.65. The van der Waals surface area contributed by atoms with Gasteiger partial charge in [-0.2, -0.15) is 0 Å². The zero-order valence-corrected chi connectivity index (χ0v) is 10.9. The summed E-state index contributed by atoms with van der Waals surface area (Å²) in [7, 11) is 1.79. The number of ether oxygens (including phenoxy) is 4. The number of hydrogen-bond donors (Lipinski definition) is 0. The molecule has 0 bridgehead atoms. The van der Waals surface area contributed by atoms with E-state index in [-0.39, 0.29) is 6.10 Å². The van der Waals surface area contributed by atoms with Gasteiger partial charge in [0.1, 0.15) is 0 Å². The zero-order valence-electron chi connectivity index (χ0n) is 10.9. The maximum absolute atomic E-state index is 5.87. The molecule has 0 aromatic heterocycles. The van der Waals surface area contributed by atoms with E-state index in [2.05, 4.69) is 6.92 Å². The lowest BCUT2D eigenvalue weighted by Crippen LogP contribution is -2.34. The van der Waals surface area contributed by atoms with Crippen molar-refractivity contribution in [2.24, 2.45) is 11.8 Å². The van der Waals surface area contributed by atoms with E-state index < -0.39 is 0 Å². The van der Waals surface area contributed by atoms with Gasteiger partial charge >= 0.3 is 0 Å². The van der Waals surface area contributed by atoms with Gasteiger partial charge in [0, 0.05) is 32.2 Å². The Morgan fingerprint density at radius 3 is 2.71 bits per heavy atom. The van der Waals surface area contributed by atoms with Gasteiger partial charge in [-0.05, 0) is 12.8 Å². The predicted molar refractivity (Wildman–Crippen MR) is 64.1 cm³/mol. The van der Waals surface area contributed by atoms with E-state index in [1.165, 1.54) is 0 Å². The Morgan fingerprint density at radius 2 is 2.00 bits per heavy atom. The molecule has 4 nitrogen and oxygen atoms in total. The van der Waals surface area contributed by atoms with Gasteiger partial charge in [0.2, 0.25) is 0 Å². The fraction of sp³-hybridized carbons (Fsp3) is 1.00. The summed E-state index contributed by atoms with van der Waals surface area (Å²) in [5.41, 5.74) is 0. The fourth-order valence-electron chi connectivity index (χ4n) is 2.58. The highest BCUT2D eigenvalue weighted by molar-refractivity contribution is 4.75. The van der Waals surface area contributed by atoms with Crippen molar-refractivity contribution in [2.45, 2.75) is 32.0 Å². The minimum Gasteiger partial charge on any atom is -0.381 e. The molecular formula is C13H24O4. The smallest absolute Gasteiger partial charge is 0.0855 e. The molecule has 0 saturated carbocycles. The Labute approximate surface area is 104 Å². The predicted octanol–water partition coefficient (Wildman–Crippen LogP) is 1.48. The molecule has 2 rings (SSSR count). The Hall–Kier alpha value is -0.160. The lowest BCUT2D eigenvalue weighted by Gasteiger charge is -2.30. The molecule has 100 valence electrons. The van der Waals surface area contributed by atoms with Gasteiger partial charge in [0.15, 0.2) is 0 Å². The molecule has 2 fully saturated rings. The molecule has 0 N–H and O–H groups in total. The lowest BCUT2D eigenvalue weighted by atomic mass is 9.95. The second-order valence-corrected chi connectivity index (χ2v) is 5.11. The first-order valence-corrected chi connectivity index (χ1v) is 6.61. The van der Waals surface area contributed by atoms with E-state index in [9.17, 15) is 0 Å². The SMILES string of the molecule is CO[C@H]1CCOC[C@H]1CCO[C@H]1COCC1C. The molecular weight excluding hydrogens is 220 g/mol. The topological polar surface area (TPSA) is 36.9 Å². The Morgan fingerprint density at radius 1 is 1.12 bits per heavy atom. The van der Waals surface area contributed by atoms with Crippen LogP contribution in [0.4, 0.5) is 0 Å². The second-order valence-electron chi connectivity index (χ2n) is 5.11. The minimum absolute atomic E-state index is 0.278. The Bertz CT molecular complexity index is 221. The van der Waals surface area contributed by atoms with Crippen LogP contribution in [0, 0.1) is 11.8 Å². The van der Waals surface area contributed by atoms with Gasteiger partial charge in [-0.15, -0.1) is 0 Å². The molecule has 4 heteroatoms. The van der Waals surface area contributed by atoms with Crippen LogP contribution in [0.15, 0.2) is 0 Å². The number of methoxy groups -OCH3 is 1. The first kappa shape index (κ1) is 13.3. The minimum atomic E-state index is 0.278. The fourth-order valence-corrected chi connectivity index (χ4v) is 2.58. The number of hydrogen-bond acceptors (Lipinski definition) is 4. The summed E-state index contributed by atoms with van der Waals surface area (Å²) in [4.78, 5) is 0. The normalized spacial score (nSPS) is 38.5. The van der Waals surface area contributed by atoms with Gasteiger partial charge in [-0.25, -0.2) is 0 Å². The van der Waals surface area contributed by atoms with Crippen LogP contribution in [-0.2, 0) is 18.9 Å². The van der Waals surface area contributed by atoms with Crippen LogP contribution in [0.25, 0.3) is 0 Å². The van der Waals surface area contributed by atoms with Crippen molar-refractivity contribution in [2.75, 3.05) is 40.1 Å². The third-order valence-electron chi connectivity index (χ3n) is 3.83. The van der Waals surface area contributed by atoms with Crippen LogP contribution in [0.5, 0.6) is 0 Å². The Balaban J connectivity index is 1.66. The summed E-state index contributed by atoms with van der Waals surface area (Å²) in [5.74, 6) is 1.00. The summed E-state index contributed by atoms with van der Waals surface area (Å²) < 4.78 is 22.2. The van der Waals surface area contributed by atoms with Crippen LogP contribution in [0.3, 0.4) is 0 Å². The highest BCUT2D eigenvalue weighted by atomic mass is 16.5. The van der Waals surface area contributed by atoms with Crippen molar-refractivity contribution in [3.63, 3.8) is 0 Å². The Kier molecular flexibility index (Phi) is 5.22. The van der Waals surface area contributed by atoms with Gasteiger partial charge in [0.05, 0.1) is 32.0 Å². The van der Waals surface area contributed by atoms with E-state index in [0.717, 1.165) is 45.9 Å². The zero-order chi connectivity index (χ0) is 12.1. The average Bonchev–Trinajstić information content (AvgIpc) is 2.76. The molecule has 0 spiro atoms. The third-order valence-corrected chi connectivity index (χ3v) is 3.83. The quantitative estimate of drug-likeness (QED) is 0.734. The molecule has 0 aliphatic carbocycles. The van der Waals surface area contributed by atoms with Crippen molar-refractivity contribution in [1.82, 2.24) is 0 Å². The molecule has 2 aliphatic heterocycles. The molecule has 0 radical (unpaired) electrons. The lowest BCUT2D eigenvalue weighted by molar-refractivity contribution is -0.0711. The van der Waals surface area contributed by atoms with E-state index in [1.807, 2.05) is 0 Å². The molecule has 2 aliphatic rings. The van der Waals surface area contributed by atoms with E-state index in [0.29, 0.717) is 17.9 Å². The molecule has 1 unspecified atom stereocenters. The molecule has 17 heavy (non-hydrogen) atoms. The van der Waals surface area contributed by atoms with E-state index in [1.54, 1.807) is 7.11 Å². The van der Waals surface area contributed by atoms with Crippen molar-refractivity contribution in [3.8, 4) is 0 Å². The van der Waals surface area contributed by atoms with Gasteiger partial charge in [0.25, 0.3) is 0 Å². The van der Waals surface area contributed by atoms with Gasteiger partial charge in [-0.3, -0.25) is 0 Å². The van der Waals surface area contributed by atoms with E-state index >= 15 is 0 Å². The van der Waals surface area contributed by atoms with Crippen LogP contribution < -0.4 is 0 Å². The maximum Gasteiger partial charge on any atom is 0.0855 e. The average molecular weight is 244 g/mol. The van der Waals surface area contributed by atoms with Crippen LogP contribution in [0.1, 0.15) is 19.8 Å². The summed E-state index contributed by atoms with van der Waals surface area (Å²) in [6.07, 6.45) is 2.64. The molecule has 0 aromatic rings.